The third-order valence-corrected chi connectivity index (χ3v) is 7.25. The number of aromatic nitrogens is 1. The number of hydrogen-bond acceptors (Lipinski definition) is 3. The van der Waals surface area contributed by atoms with Crippen LogP contribution in [-0.4, -0.2) is 40.4 Å². The van der Waals surface area contributed by atoms with E-state index in [4.69, 9.17) is 0 Å². The molecular weight excluding hydrogens is 354 g/mol. The van der Waals surface area contributed by atoms with Crippen LogP contribution in [0.15, 0.2) is 23.1 Å². The number of pyridine rings is 1. The molecule has 3 aliphatic carbocycles. The molecule has 3 saturated carbocycles. The number of fused-ring (bicyclic) bond motifs is 1. The van der Waals surface area contributed by atoms with E-state index < -0.39 is 0 Å². The molecule has 0 aromatic carbocycles. The number of likely N-dealkylation sites (tertiary alicyclic amines) is 1. The van der Waals surface area contributed by atoms with Gasteiger partial charge in [-0.2, -0.15) is 0 Å². The highest BCUT2D eigenvalue weighted by Gasteiger charge is 2.53. The first-order chi connectivity index (χ1) is 13.6. The lowest BCUT2D eigenvalue weighted by Crippen LogP contribution is -2.56. The molecule has 4 aliphatic rings. The Morgan fingerprint density at radius 1 is 1.00 bits per heavy atom. The van der Waals surface area contributed by atoms with Gasteiger partial charge >= 0.3 is 0 Å². The summed E-state index contributed by atoms with van der Waals surface area (Å²) in [5.74, 6) is 1.58. The SMILES string of the molecule is O=C(NCC1CCN1C(=O)c1ccc(=O)n(C2CC2)c1)C1[C@H]2CCCCC[C@@H]12. The lowest BCUT2D eigenvalue weighted by Gasteiger charge is -2.41. The van der Waals surface area contributed by atoms with Crippen LogP contribution in [0.25, 0.3) is 0 Å². The van der Waals surface area contributed by atoms with Crippen molar-refractivity contribution in [2.24, 2.45) is 17.8 Å². The monoisotopic (exact) mass is 383 g/mol. The molecule has 150 valence electrons. The van der Waals surface area contributed by atoms with Crippen molar-refractivity contribution in [3.8, 4) is 0 Å². The minimum atomic E-state index is -0.0341. The van der Waals surface area contributed by atoms with Gasteiger partial charge in [0.05, 0.1) is 11.6 Å². The zero-order chi connectivity index (χ0) is 19.3. The molecule has 2 amide bonds. The molecule has 0 spiro atoms. The Hall–Kier alpha value is -2.11. The van der Waals surface area contributed by atoms with Gasteiger partial charge in [0.1, 0.15) is 0 Å². The predicted molar refractivity (Wildman–Crippen MR) is 105 cm³/mol. The van der Waals surface area contributed by atoms with Crippen molar-refractivity contribution >= 4 is 11.8 Å². The maximum atomic E-state index is 12.9. The van der Waals surface area contributed by atoms with Crippen LogP contribution in [-0.2, 0) is 4.79 Å². The van der Waals surface area contributed by atoms with Gasteiger partial charge in [0, 0.05) is 37.3 Å². The highest BCUT2D eigenvalue weighted by molar-refractivity contribution is 5.94. The second kappa shape index (κ2) is 7.05. The van der Waals surface area contributed by atoms with Crippen molar-refractivity contribution in [2.45, 2.75) is 63.5 Å². The second-order valence-corrected chi connectivity index (χ2v) is 9.07. The molecule has 1 aromatic rings. The Labute approximate surface area is 165 Å². The van der Waals surface area contributed by atoms with Crippen molar-refractivity contribution in [1.29, 1.82) is 0 Å². The molecule has 1 saturated heterocycles. The Morgan fingerprint density at radius 3 is 2.39 bits per heavy atom. The van der Waals surface area contributed by atoms with Crippen LogP contribution in [0.2, 0.25) is 0 Å². The largest absolute Gasteiger partial charge is 0.354 e. The molecule has 0 bridgehead atoms. The highest BCUT2D eigenvalue weighted by atomic mass is 16.2. The maximum Gasteiger partial charge on any atom is 0.255 e. The standard InChI is InChI=1S/C22H29N3O3/c26-19-9-6-14(13-25(19)15-7-8-15)22(28)24-11-10-16(24)12-23-21(27)20-17-4-2-1-3-5-18(17)20/h6,9,13,15-18,20H,1-5,7-8,10-12H2,(H,23,27)/t16?,17-,18+,20?. The normalized spacial score (nSPS) is 31.4. The summed E-state index contributed by atoms with van der Waals surface area (Å²) in [5, 5.41) is 3.12. The van der Waals surface area contributed by atoms with E-state index >= 15 is 0 Å². The van der Waals surface area contributed by atoms with Crippen LogP contribution >= 0.6 is 0 Å². The zero-order valence-corrected chi connectivity index (χ0v) is 16.3. The van der Waals surface area contributed by atoms with E-state index in [0.29, 0.717) is 23.9 Å². The Bertz CT molecular complexity index is 832. The number of carbonyl (C=O) groups is 2. The number of hydrogen-bond donors (Lipinski definition) is 1. The molecule has 2 heterocycles. The molecular formula is C22H29N3O3. The molecule has 6 nitrogen and oxygen atoms in total. The first kappa shape index (κ1) is 18.0. The van der Waals surface area contributed by atoms with E-state index in [-0.39, 0.29) is 35.4 Å². The molecule has 6 heteroatoms. The number of nitrogens with one attached hydrogen (secondary N) is 1. The third-order valence-electron chi connectivity index (χ3n) is 7.25. The number of amides is 2. The molecule has 0 radical (unpaired) electrons. The van der Waals surface area contributed by atoms with Crippen LogP contribution in [0.4, 0.5) is 0 Å². The molecule has 2 unspecified atom stereocenters. The van der Waals surface area contributed by atoms with Gasteiger partial charge in [-0.25, -0.2) is 0 Å². The molecule has 4 atom stereocenters. The number of nitrogens with zero attached hydrogens (tertiary/aromatic N) is 2. The summed E-state index contributed by atoms with van der Waals surface area (Å²) in [4.78, 5) is 39.3. The average Bonchev–Trinajstić information content (AvgIpc) is 3.53. The van der Waals surface area contributed by atoms with E-state index in [1.165, 1.54) is 38.2 Å². The minimum Gasteiger partial charge on any atom is -0.354 e. The summed E-state index contributed by atoms with van der Waals surface area (Å²) < 4.78 is 1.70. The smallest absolute Gasteiger partial charge is 0.255 e. The first-order valence-corrected chi connectivity index (χ1v) is 10.9. The minimum absolute atomic E-state index is 0.0310. The summed E-state index contributed by atoms with van der Waals surface area (Å²) in [5.41, 5.74) is 0.542. The van der Waals surface area contributed by atoms with Crippen molar-refractivity contribution < 1.29 is 9.59 Å². The van der Waals surface area contributed by atoms with Crippen molar-refractivity contribution in [3.05, 3.63) is 34.2 Å². The van der Waals surface area contributed by atoms with Crippen LogP contribution in [0.3, 0.4) is 0 Å². The van der Waals surface area contributed by atoms with E-state index in [1.54, 1.807) is 16.8 Å². The Morgan fingerprint density at radius 2 is 1.75 bits per heavy atom. The van der Waals surface area contributed by atoms with Gasteiger partial charge in [0.25, 0.3) is 11.5 Å². The van der Waals surface area contributed by atoms with E-state index in [2.05, 4.69) is 5.32 Å². The van der Waals surface area contributed by atoms with Gasteiger partial charge < -0.3 is 14.8 Å². The third kappa shape index (κ3) is 3.27. The van der Waals surface area contributed by atoms with Crippen LogP contribution in [0.5, 0.6) is 0 Å². The average molecular weight is 383 g/mol. The molecule has 28 heavy (non-hydrogen) atoms. The lowest BCUT2D eigenvalue weighted by atomic mass is 10.0. The summed E-state index contributed by atoms with van der Waals surface area (Å²) in [7, 11) is 0. The quantitative estimate of drug-likeness (QED) is 0.848. The van der Waals surface area contributed by atoms with Gasteiger partial charge in [-0.15, -0.1) is 0 Å². The molecule has 1 aliphatic heterocycles. The van der Waals surface area contributed by atoms with Crippen molar-refractivity contribution in [2.75, 3.05) is 13.1 Å². The van der Waals surface area contributed by atoms with Crippen LogP contribution < -0.4 is 10.9 Å². The molecule has 4 fully saturated rings. The summed E-state index contributed by atoms with van der Waals surface area (Å²) in [6, 6.07) is 3.47. The summed E-state index contributed by atoms with van der Waals surface area (Å²) in [6.07, 6.45) is 10.9. The van der Waals surface area contributed by atoms with Crippen LogP contribution in [0, 0.1) is 17.8 Å². The number of carbonyl (C=O) groups excluding carboxylic acids is 2. The number of rotatable bonds is 5. The van der Waals surface area contributed by atoms with Gasteiger partial charge in [0.15, 0.2) is 0 Å². The fourth-order valence-corrected chi connectivity index (χ4v) is 5.25. The highest BCUT2D eigenvalue weighted by Crippen LogP contribution is 2.54. The maximum absolute atomic E-state index is 12.9. The molecule has 1 aromatic heterocycles. The van der Waals surface area contributed by atoms with Crippen molar-refractivity contribution in [1.82, 2.24) is 14.8 Å². The fraction of sp³-hybridized carbons (Fsp3) is 0.682. The Kier molecular flexibility index (Phi) is 4.52. The van der Waals surface area contributed by atoms with E-state index in [0.717, 1.165) is 25.8 Å². The van der Waals surface area contributed by atoms with Gasteiger partial charge in [0.2, 0.25) is 5.91 Å². The Balaban J connectivity index is 1.17. The first-order valence-electron chi connectivity index (χ1n) is 10.9. The zero-order valence-electron chi connectivity index (χ0n) is 16.3. The second-order valence-electron chi connectivity index (χ2n) is 9.07. The predicted octanol–water partition coefficient (Wildman–Crippen LogP) is 2.34. The van der Waals surface area contributed by atoms with E-state index in [1.807, 2.05) is 4.90 Å². The van der Waals surface area contributed by atoms with E-state index in [9.17, 15) is 14.4 Å². The van der Waals surface area contributed by atoms with Gasteiger partial charge in [-0.3, -0.25) is 14.4 Å². The fourth-order valence-electron chi connectivity index (χ4n) is 5.25. The lowest BCUT2D eigenvalue weighted by molar-refractivity contribution is -0.123. The van der Waals surface area contributed by atoms with Crippen molar-refractivity contribution in [3.63, 3.8) is 0 Å². The summed E-state index contributed by atoms with van der Waals surface area (Å²) >= 11 is 0. The van der Waals surface area contributed by atoms with Gasteiger partial charge in [-0.05, 0) is 50.0 Å². The molecule has 5 rings (SSSR count). The van der Waals surface area contributed by atoms with Gasteiger partial charge in [-0.1, -0.05) is 19.3 Å². The summed E-state index contributed by atoms with van der Waals surface area (Å²) in [6.45, 7) is 1.26. The molecule has 1 N–H and O–H groups in total. The van der Waals surface area contributed by atoms with Crippen LogP contribution in [0.1, 0.15) is 67.8 Å². The topological polar surface area (TPSA) is 71.4 Å².